The zero-order valence-electron chi connectivity index (χ0n) is 10.5. The smallest absolute Gasteiger partial charge is 0.00381 e. The summed E-state index contributed by atoms with van der Waals surface area (Å²) in [6, 6.07) is 6.90. The van der Waals surface area contributed by atoms with Gasteiger partial charge in [0.2, 0.25) is 0 Å². The third kappa shape index (κ3) is 1.04. The summed E-state index contributed by atoms with van der Waals surface area (Å²) in [6.45, 7) is 4.68. The highest BCUT2D eigenvalue weighted by Gasteiger charge is 2.43. The highest BCUT2D eigenvalue weighted by molar-refractivity contribution is 5.86. The Labute approximate surface area is 103 Å². The van der Waals surface area contributed by atoms with E-state index in [-0.39, 0.29) is 0 Å². The van der Waals surface area contributed by atoms with Crippen LogP contribution in [-0.4, -0.2) is 0 Å². The van der Waals surface area contributed by atoms with Gasteiger partial charge in [-0.3, -0.25) is 0 Å². The molecule has 1 aromatic rings. The Morgan fingerprint density at radius 1 is 1.18 bits per heavy atom. The Kier molecular flexibility index (Phi) is 1.79. The molecule has 3 aliphatic rings. The molecule has 0 saturated heterocycles. The van der Waals surface area contributed by atoms with Crippen molar-refractivity contribution < 1.29 is 0 Å². The van der Waals surface area contributed by atoms with Crippen LogP contribution in [0, 0.1) is 11.8 Å². The van der Waals surface area contributed by atoms with Crippen LogP contribution in [0.15, 0.2) is 35.9 Å². The Bertz CT molecular complexity index is 559. The topological polar surface area (TPSA) is 0 Å². The normalized spacial score (nSPS) is 32.2. The van der Waals surface area contributed by atoms with Crippen LogP contribution in [0.25, 0.3) is 5.57 Å². The van der Waals surface area contributed by atoms with E-state index in [0.717, 1.165) is 18.3 Å². The maximum absolute atomic E-state index is 2.44. The highest BCUT2D eigenvalue weighted by atomic mass is 14.5. The number of hydrogen-bond acceptors (Lipinski definition) is 0. The summed E-state index contributed by atoms with van der Waals surface area (Å²) in [4.78, 5) is 0. The van der Waals surface area contributed by atoms with Gasteiger partial charge in [0.1, 0.15) is 0 Å². The summed E-state index contributed by atoms with van der Waals surface area (Å²) in [6.07, 6.45) is 7.40. The molecule has 0 amide bonds. The van der Waals surface area contributed by atoms with E-state index in [1.165, 1.54) is 6.42 Å². The molecule has 0 spiro atoms. The first-order chi connectivity index (χ1) is 8.31. The molecule has 0 fully saturated rings. The van der Waals surface area contributed by atoms with E-state index in [1.807, 2.05) is 0 Å². The van der Waals surface area contributed by atoms with Crippen molar-refractivity contribution in [1.29, 1.82) is 0 Å². The Balaban J connectivity index is 1.99. The van der Waals surface area contributed by atoms with Crippen molar-refractivity contribution >= 4 is 5.57 Å². The molecule has 3 unspecified atom stereocenters. The van der Waals surface area contributed by atoms with E-state index in [4.69, 9.17) is 0 Å². The second-order valence-corrected chi connectivity index (χ2v) is 5.66. The van der Waals surface area contributed by atoms with Gasteiger partial charge in [-0.1, -0.05) is 49.8 Å². The molecule has 17 heavy (non-hydrogen) atoms. The predicted octanol–water partition coefficient (Wildman–Crippen LogP) is 4.33. The van der Waals surface area contributed by atoms with Gasteiger partial charge in [-0.05, 0) is 41.0 Å². The van der Waals surface area contributed by atoms with Gasteiger partial charge in [0, 0.05) is 11.8 Å². The lowest BCUT2D eigenvalue weighted by atomic mass is 9.88. The minimum Gasteiger partial charge on any atom is -0.0807 e. The average Bonchev–Trinajstić information content (AvgIpc) is 3.02. The van der Waals surface area contributed by atoms with Crippen LogP contribution in [0.3, 0.4) is 0 Å². The summed E-state index contributed by atoms with van der Waals surface area (Å²) >= 11 is 0. The highest BCUT2D eigenvalue weighted by Crippen LogP contribution is 2.58. The Hall–Kier alpha value is -1.30. The summed E-state index contributed by atoms with van der Waals surface area (Å²) in [7, 11) is 0. The fourth-order valence-corrected chi connectivity index (χ4v) is 4.21. The van der Waals surface area contributed by atoms with Crippen molar-refractivity contribution in [2.75, 3.05) is 0 Å². The second-order valence-electron chi connectivity index (χ2n) is 5.66. The standard InChI is InChI=1S/C17H18/c1-3-11-5-4-6-14-10(2)15-12-7-8-13(9-12)17(15)16(11)14/h4-8,10,12-13H,3,9H2,1-2H3. The molecule has 0 heteroatoms. The summed E-state index contributed by atoms with van der Waals surface area (Å²) < 4.78 is 0. The number of hydrogen-bond donors (Lipinski definition) is 0. The SMILES string of the molecule is CCc1cccc2c1C1=C(C3C=CC1C3)C2C. The molecule has 86 valence electrons. The lowest BCUT2D eigenvalue weighted by Crippen LogP contribution is -2.01. The summed E-state index contributed by atoms with van der Waals surface area (Å²) in [5, 5.41) is 0. The molecule has 0 radical (unpaired) electrons. The number of aryl methyl sites for hydroxylation is 1. The number of rotatable bonds is 1. The summed E-state index contributed by atoms with van der Waals surface area (Å²) in [5.74, 6) is 2.14. The molecular formula is C17H18. The quantitative estimate of drug-likeness (QED) is 0.620. The van der Waals surface area contributed by atoms with Crippen molar-refractivity contribution in [2.24, 2.45) is 11.8 Å². The van der Waals surface area contributed by atoms with Crippen molar-refractivity contribution in [3.8, 4) is 0 Å². The van der Waals surface area contributed by atoms with Crippen molar-refractivity contribution in [3.63, 3.8) is 0 Å². The molecule has 0 aliphatic heterocycles. The molecule has 0 N–H and O–H groups in total. The molecule has 0 saturated carbocycles. The van der Waals surface area contributed by atoms with Gasteiger partial charge >= 0.3 is 0 Å². The van der Waals surface area contributed by atoms with E-state index in [9.17, 15) is 0 Å². The maximum atomic E-state index is 2.44. The first kappa shape index (κ1) is 9.70. The van der Waals surface area contributed by atoms with Crippen LogP contribution >= 0.6 is 0 Å². The van der Waals surface area contributed by atoms with Gasteiger partial charge in [0.25, 0.3) is 0 Å². The Morgan fingerprint density at radius 2 is 2.00 bits per heavy atom. The van der Waals surface area contributed by atoms with Crippen LogP contribution in [0.2, 0.25) is 0 Å². The molecule has 0 heterocycles. The second kappa shape index (κ2) is 3.13. The third-order valence-corrected chi connectivity index (χ3v) is 4.93. The molecule has 3 aliphatic carbocycles. The molecule has 4 rings (SSSR count). The van der Waals surface area contributed by atoms with Crippen molar-refractivity contribution in [2.45, 2.75) is 32.6 Å². The minimum atomic E-state index is 0.659. The monoisotopic (exact) mass is 222 g/mol. The van der Waals surface area contributed by atoms with Gasteiger partial charge in [-0.15, -0.1) is 0 Å². The third-order valence-electron chi connectivity index (χ3n) is 4.93. The lowest BCUT2D eigenvalue weighted by Gasteiger charge is -2.15. The van der Waals surface area contributed by atoms with Gasteiger partial charge in [0.05, 0.1) is 0 Å². The molecular weight excluding hydrogens is 204 g/mol. The maximum Gasteiger partial charge on any atom is 0.00381 e. The van der Waals surface area contributed by atoms with Crippen molar-refractivity contribution in [3.05, 3.63) is 52.6 Å². The van der Waals surface area contributed by atoms with Crippen LogP contribution in [0.5, 0.6) is 0 Å². The zero-order chi connectivity index (χ0) is 11.6. The fraction of sp³-hybridized carbons (Fsp3) is 0.412. The number of fused-ring (bicyclic) bond motifs is 6. The van der Waals surface area contributed by atoms with Crippen LogP contribution in [0.1, 0.15) is 42.9 Å². The van der Waals surface area contributed by atoms with E-state index in [1.54, 1.807) is 27.8 Å². The number of benzene rings is 1. The zero-order valence-corrected chi connectivity index (χ0v) is 10.5. The molecule has 0 aromatic heterocycles. The van der Waals surface area contributed by atoms with Gasteiger partial charge in [-0.2, -0.15) is 0 Å². The van der Waals surface area contributed by atoms with E-state index in [0.29, 0.717) is 5.92 Å². The lowest BCUT2D eigenvalue weighted by molar-refractivity contribution is 0.672. The van der Waals surface area contributed by atoms with E-state index < -0.39 is 0 Å². The predicted molar refractivity (Wildman–Crippen MR) is 71.9 cm³/mol. The fourth-order valence-electron chi connectivity index (χ4n) is 4.21. The van der Waals surface area contributed by atoms with Gasteiger partial charge in [-0.25, -0.2) is 0 Å². The molecule has 3 atom stereocenters. The van der Waals surface area contributed by atoms with E-state index >= 15 is 0 Å². The van der Waals surface area contributed by atoms with Crippen molar-refractivity contribution in [1.82, 2.24) is 0 Å². The summed E-state index contributed by atoms with van der Waals surface area (Å²) in [5.41, 5.74) is 8.22. The first-order valence-corrected chi connectivity index (χ1v) is 6.85. The van der Waals surface area contributed by atoms with Gasteiger partial charge in [0.15, 0.2) is 0 Å². The first-order valence-electron chi connectivity index (χ1n) is 6.85. The number of allylic oxidation sites excluding steroid dienone is 4. The molecule has 0 nitrogen and oxygen atoms in total. The Morgan fingerprint density at radius 3 is 2.82 bits per heavy atom. The van der Waals surface area contributed by atoms with Gasteiger partial charge < -0.3 is 0 Å². The van der Waals surface area contributed by atoms with Crippen LogP contribution in [0.4, 0.5) is 0 Å². The largest absolute Gasteiger partial charge is 0.0807 e. The van der Waals surface area contributed by atoms with Crippen LogP contribution in [-0.2, 0) is 6.42 Å². The van der Waals surface area contributed by atoms with E-state index in [2.05, 4.69) is 44.2 Å². The molecule has 2 bridgehead atoms. The van der Waals surface area contributed by atoms with Crippen LogP contribution < -0.4 is 0 Å². The average molecular weight is 222 g/mol. The molecule has 1 aromatic carbocycles. The minimum absolute atomic E-state index is 0.659.